The van der Waals surface area contributed by atoms with E-state index in [2.05, 4.69) is 32.2 Å². The lowest BCUT2D eigenvalue weighted by Crippen LogP contribution is -2.40. The van der Waals surface area contributed by atoms with Crippen LogP contribution in [0, 0.1) is 5.92 Å². The molecule has 184 valence electrons. The normalized spacial score (nSPS) is 16.3. The number of nitrogens with zero attached hydrogens (tertiary/aromatic N) is 5. The van der Waals surface area contributed by atoms with E-state index in [1.807, 2.05) is 17.2 Å². The van der Waals surface area contributed by atoms with Crippen molar-refractivity contribution in [3.05, 3.63) is 34.1 Å². The summed E-state index contributed by atoms with van der Waals surface area (Å²) in [5, 5.41) is 4.47. The van der Waals surface area contributed by atoms with Gasteiger partial charge in [-0.05, 0) is 37.3 Å². The molecule has 5 rings (SSSR count). The monoisotopic (exact) mass is 494 g/mol. The van der Waals surface area contributed by atoms with Crippen molar-refractivity contribution in [1.82, 2.24) is 19.9 Å². The highest BCUT2D eigenvalue weighted by Gasteiger charge is 2.31. The molecule has 2 aliphatic rings. The van der Waals surface area contributed by atoms with Gasteiger partial charge in [-0.1, -0.05) is 6.92 Å². The average Bonchev–Trinajstić information content (AvgIpc) is 3.49. The van der Waals surface area contributed by atoms with Crippen molar-refractivity contribution in [2.75, 3.05) is 39.2 Å². The van der Waals surface area contributed by atoms with Crippen molar-refractivity contribution in [3.8, 4) is 5.88 Å². The lowest BCUT2D eigenvalue weighted by atomic mass is 9.86. The van der Waals surface area contributed by atoms with Crippen molar-refractivity contribution in [2.24, 2.45) is 10.9 Å². The summed E-state index contributed by atoms with van der Waals surface area (Å²) in [5.41, 5.74) is 3.88. The average molecular weight is 495 g/mol. The van der Waals surface area contributed by atoms with Crippen molar-refractivity contribution in [2.45, 2.75) is 39.2 Å². The highest BCUT2D eigenvalue weighted by atomic mass is 32.1. The number of nitrogens with one attached hydrogen (secondary N) is 1. The summed E-state index contributed by atoms with van der Waals surface area (Å²) in [5.74, 6) is 1.47. The number of hydrogen-bond acceptors (Lipinski definition) is 9. The second kappa shape index (κ2) is 10.2. The summed E-state index contributed by atoms with van der Waals surface area (Å²) in [7, 11) is 3.29. The number of anilines is 2. The first kappa shape index (κ1) is 23.6. The van der Waals surface area contributed by atoms with Gasteiger partial charge in [-0.3, -0.25) is 9.79 Å². The fourth-order valence-electron chi connectivity index (χ4n) is 4.87. The molecule has 10 heteroatoms. The van der Waals surface area contributed by atoms with E-state index >= 15 is 0 Å². The molecule has 1 N–H and O–H groups in total. The number of fused-ring (bicyclic) bond motifs is 4. The first-order valence-electron chi connectivity index (χ1n) is 12.0. The maximum atomic E-state index is 13.3. The molecule has 1 amide bonds. The maximum absolute atomic E-state index is 13.3. The van der Waals surface area contributed by atoms with Crippen molar-refractivity contribution < 1.29 is 14.3 Å². The van der Waals surface area contributed by atoms with Crippen molar-refractivity contribution >= 4 is 45.2 Å². The van der Waals surface area contributed by atoms with Gasteiger partial charge in [0, 0.05) is 42.8 Å². The number of aromatic nitrogens is 3. The third-order valence-corrected chi connectivity index (χ3v) is 7.75. The van der Waals surface area contributed by atoms with Crippen LogP contribution in [0.2, 0.25) is 0 Å². The van der Waals surface area contributed by atoms with Crippen LogP contribution < -0.4 is 10.1 Å². The first-order chi connectivity index (χ1) is 17.1. The number of amides is 1. The van der Waals surface area contributed by atoms with E-state index in [0.29, 0.717) is 25.6 Å². The summed E-state index contributed by atoms with van der Waals surface area (Å²) < 4.78 is 10.8. The van der Waals surface area contributed by atoms with Gasteiger partial charge >= 0.3 is 0 Å². The number of rotatable bonds is 9. The zero-order valence-electron chi connectivity index (χ0n) is 20.3. The Morgan fingerprint density at radius 1 is 1.29 bits per heavy atom. The van der Waals surface area contributed by atoms with E-state index in [4.69, 9.17) is 9.47 Å². The number of aliphatic imine (C=N–C) groups is 1. The van der Waals surface area contributed by atoms with Gasteiger partial charge in [-0.25, -0.2) is 15.0 Å². The number of carbonyl (C=O) groups excluding carboxylic acids is 1. The van der Waals surface area contributed by atoms with Crippen LogP contribution >= 0.6 is 11.3 Å². The fraction of sp³-hybridized carbons (Fsp3) is 0.480. The topological polar surface area (TPSA) is 102 Å². The van der Waals surface area contributed by atoms with Gasteiger partial charge in [0.2, 0.25) is 11.8 Å². The minimum absolute atomic E-state index is 0.0105. The summed E-state index contributed by atoms with van der Waals surface area (Å²) in [6.07, 6.45) is 6.73. The quantitative estimate of drug-likeness (QED) is 0.483. The Morgan fingerprint density at radius 3 is 2.97 bits per heavy atom. The molecule has 1 aliphatic heterocycles. The molecule has 0 saturated heterocycles. The molecular formula is C25H30N6O3S. The first-order valence-corrected chi connectivity index (χ1v) is 12.8. The minimum atomic E-state index is -0.0105. The van der Waals surface area contributed by atoms with Gasteiger partial charge < -0.3 is 19.7 Å². The Balaban J connectivity index is 1.43. The van der Waals surface area contributed by atoms with Crippen LogP contribution in [0.15, 0.2) is 17.4 Å². The van der Waals surface area contributed by atoms with E-state index in [1.165, 1.54) is 10.4 Å². The SMILES string of the molecule is CCCN(CCOC)C(=O)[C@H]1CCc2c(sc3ncnc(Nc4cc5c(nc4OC)CN=C5)c23)C1. The summed E-state index contributed by atoms with van der Waals surface area (Å²) in [6.45, 7) is 4.63. The predicted molar refractivity (Wildman–Crippen MR) is 137 cm³/mol. The Morgan fingerprint density at radius 2 is 2.17 bits per heavy atom. The molecule has 0 fully saturated rings. The zero-order chi connectivity index (χ0) is 24.4. The van der Waals surface area contributed by atoms with Gasteiger partial charge in [-0.15, -0.1) is 11.3 Å². The van der Waals surface area contributed by atoms with Crippen LogP contribution in [0.5, 0.6) is 5.88 Å². The summed E-state index contributed by atoms with van der Waals surface area (Å²) in [6, 6.07) is 2.00. The summed E-state index contributed by atoms with van der Waals surface area (Å²) >= 11 is 1.66. The Kier molecular flexibility index (Phi) is 6.92. The fourth-order valence-corrected chi connectivity index (χ4v) is 6.13. The van der Waals surface area contributed by atoms with Gasteiger partial charge in [0.15, 0.2) is 0 Å². The number of carbonyl (C=O) groups is 1. The van der Waals surface area contributed by atoms with Gasteiger partial charge in [-0.2, -0.15) is 0 Å². The molecule has 0 aromatic carbocycles. The highest BCUT2D eigenvalue weighted by Crippen LogP contribution is 2.41. The molecule has 4 heterocycles. The van der Waals surface area contributed by atoms with Gasteiger partial charge in [0.05, 0.1) is 31.3 Å². The summed E-state index contributed by atoms with van der Waals surface area (Å²) in [4.78, 5) is 35.4. The van der Waals surface area contributed by atoms with Crippen LogP contribution in [0.3, 0.4) is 0 Å². The van der Waals surface area contributed by atoms with E-state index < -0.39 is 0 Å². The number of methoxy groups -OCH3 is 2. The second-order valence-corrected chi connectivity index (χ2v) is 9.92. The highest BCUT2D eigenvalue weighted by molar-refractivity contribution is 7.19. The molecule has 3 aromatic heterocycles. The lowest BCUT2D eigenvalue weighted by Gasteiger charge is -2.29. The van der Waals surface area contributed by atoms with Gasteiger partial charge in [0.1, 0.15) is 22.7 Å². The van der Waals surface area contributed by atoms with E-state index in [-0.39, 0.29) is 11.8 Å². The lowest BCUT2D eigenvalue weighted by molar-refractivity contribution is -0.136. The molecule has 0 radical (unpaired) electrons. The largest absolute Gasteiger partial charge is 0.480 e. The molecule has 35 heavy (non-hydrogen) atoms. The molecule has 0 unspecified atom stereocenters. The Labute approximate surface area is 208 Å². The molecule has 1 aliphatic carbocycles. The number of hydrogen-bond donors (Lipinski definition) is 1. The predicted octanol–water partition coefficient (Wildman–Crippen LogP) is 3.76. The standard InChI is InChI=1S/C25H30N6O3S/c1-4-7-31(8-9-33-2)25(32)15-5-6-17-20(11-15)35-24-21(17)22(27-14-28-24)29-18-10-16-12-26-13-19(16)30-23(18)34-3/h10,12,14-15H,4-9,11,13H2,1-3H3,(H,27,28,29)/t15-/m0/s1. The Bertz CT molecular complexity index is 1270. The number of pyridine rings is 1. The van der Waals surface area contributed by atoms with E-state index in [1.54, 1.807) is 31.9 Å². The third kappa shape index (κ3) is 4.60. The maximum Gasteiger partial charge on any atom is 0.237 e. The van der Waals surface area contributed by atoms with Crippen LogP contribution in [-0.2, 0) is 28.9 Å². The van der Waals surface area contributed by atoms with Crippen LogP contribution in [0.4, 0.5) is 11.5 Å². The number of aryl methyl sites for hydroxylation is 1. The second-order valence-electron chi connectivity index (χ2n) is 8.84. The molecule has 0 saturated carbocycles. The van der Waals surface area contributed by atoms with E-state index in [0.717, 1.165) is 65.2 Å². The van der Waals surface area contributed by atoms with E-state index in [9.17, 15) is 4.79 Å². The molecular weight excluding hydrogens is 464 g/mol. The zero-order valence-corrected chi connectivity index (χ0v) is 21.2. The van der Waals surface area contributed by atoms with Crippen LogP contribution in [0.25, 0.3) is 10.2 Å². The smallest absolute Gasteiger partial charge is 0.237 e. The van der Waals surface area contributed by atoms with Crippen LogP contribution in [-0.4, -0.2) is 65.9 Å². The van der Waals surface area contributed by atoms with Crippen LogP contribution in [0.1, 0.15) is 41.5 Å². The molecule has 9 nitrogen and oxygen atoms in total. The van der Waals surface area contributed by atoms with Crippen molar-refractivity contribution in [1.29, 1.82) is 0 Å². The number of ether oxygens (including phenoxy) is 2. The van der Waals surface area contributed by atoms with Crippen molar-refractivity contribution in [3.63, 3.8) is 0 Å². The number of thiophene rings is 1. The van der Waals surface area contributed by atoms with Gasteiger partial charge in [0.25, 0.3) is 0 Å². The third-order valence-electron chi connectivity index (χ3n) is 6.58. The minimum Gasteiger partial charge on any atom is -0.480 e. The molecule has 0 spiro atoms. The Hall–Kier alpha value is -3.11. The molecule has 3 aromatic rings. The molecule has 0 bridgehead atoms. The molecule has 1 atom stereocenters.